The lowest BCUT2D eigenvalue weighted by Crippen LogP contribution is -2.29. The molecule has 1 aliphatic rings. The van der Waals surface area contributed by atoms with Gasteiger partial charge in [-0.1, -0.05) is 18.2 Å². The van der Waals surface area contributed by atoms with E-state index in [-0.39, 0.29) is 10.8 Å². The molecule has 138 valence electrons. The van der Waals surface area contributed by atoms with Crippen molar-refractivity contribution in [1.82, 2.24) is 4.98 Å². The molecule has 1 aromatic heterocycles. The molecule has 2 aromatic carbocycles. The van der Waals surface area contributed by atoms with Gasteiger partial charge in [0.25, 0.3) is 5.91 Å². The molecule has 1 aliphatic heterocycles. The molecule has 0 radical (unpaired) electrons. The minimum atomic E-state index is -3.22. The predicted molar refractivity (Wildman–Crippen MR) is 107 cm³/mol. The van der Waals surface area contributed by atoms with Gasteiger partial charge < -0.3 is 10.2 Å². The molecule has 0 bridgehead atoms. The largest absolute Gasteiger partial charge is 0.332 e. The van der Waals surface area contributed by atoms with Crippen molar-refractivity contribution >= 4 is 43.6 Å². The van der Waals surface area contributed by atoms with Crippen molar-refractivity contribution in [2.75, 3.05) is 23.0 Å². The molecule has 0 spiro atoms. The van der Waals surface area contributed by atoms with Crippen LogP contribution < -0.4 is 10.2 Å². The molecule has 8 heteroatoms. The fraction of sp³-hybridized carbons (Fsp3) is 0.158. The average Bonchev–Trinajstić information content (AvgIpc) is 3.28. The lowest BCUT2D eigenvalue weighted by Gasteiger charge is -2.15. The summed E-state index contributed by atoms with van der Waals surface area (Å²) in [6.45, 7) is 0.658. The number of hydrogen-bond acceptors (Lipinski definition) is 6. The molecule has 1 amide bonds. The van der Waals surface area contributed by atoms with Crippen LogP contribution in [0.3, 0.4) is 0 Å². The third kappa shape index (κ3) is 3.58. The summed E-state index contributed by atoms with van der Waals surface area (Å²) in [4.78, 5) is 19.2. The highest BCUT2D eigenvalue weighted by atomic mass is 32.2. The summed E-state index contributed by atoms with van der Waals surface area (Å²) in [6, 6.07) is 14.3. The van der Waals surface area contributed by atoms with Crippen LogP contribution in [-0.2, 0) is 16.3 Å². The highest BCUT2D eigenvalue weighted by Gasteiger charge is 2.26. The SMILES string of the molecule is CS(=O)(=O)c1ccc(Nc2nc(C(=O)N3CCc4ccccc43)cs2)cc1. The summed E-state index contributed by atoms with van der Waals surface area (Å²) >= 11 is 1.33. The number of amides is 1. The number of hydrogen-bond donors (Lipinski definition) is 1. The van der Waals surface area contributed by atoms with E-state index in [1.165, 1.54) is 23.2 Å². The molecule has 0 fully saturated rings. The van der Waals surface area contributed by atoms with Crippen molar-refractivity contribution in [2.45, 2.75) is 11.3 Å². The van der Waals surface area contributed by atoms with Crippen LogP contribution in [0.1, 0.15) is 16.1 Å². The molecule has 27 heavy (non-hydrogen) atoms. The molecule has 4 rings (SSSR count). The van der Waals surface area contributed by atoms with E-state index < -0.39 is 9.84 Å². The lowest BCUT2D eigenvalue weighted by molar-refractivity contribution is 0.0985. The molecular weight excluding hydrogens is 382 g/mol. The van der Waals surface area contributed by atoms with Gasteiger partial charge >= 0.3 is 0 Å². The fourth-order valence-corrected chi connectivity index (χ4v) is 4.36. The Balaban J connectivity index is 1.50. The van der Waals surface area contributed by atoms with Crippen LogP contribution >= 0.6 is 11.3 Å². The summed E-state index contributed by atoms with van der Waals surface area (Å²) in [7, 11) is -3.22. The Labute approximate surface area is 161 Å². The number of thiazole rings is 1. The average molecular weight is 399 g/mol. The molecule has 0 unspecified atom stereocenters. The Kier molecular flexibility index (Phi) is 4.45. The second-order valence-corrected chi connectivity index (χ2v) is 9.17. The zero-order valence-electron chi connectivity index (χ0n) is 14.5. The number of anilines is 3. The van der Waals surface area contributed by atoms with Crippen molar-refractivity contribution in [3.05, 3.63) is 65.2 Å². The van der Waals surface area contributed by atoms with Gasteiger partial charge in [0.05, 0.1) is 4.90 Å². The zero-order valence-corrected chi connectivity index (χ0v) is 16.2. The minimum Gasteiger partial charge on any atom is -0.332 e. The van der Waals surface area contributed by atoms with Crippen LogP contribution in [0.5, 0.6) is 0 Å². The van der Waals surface area contributed by atoms with E-state index in [0.717, 1.165) is 12.1 Å². The number of fused-ring (bicyclic) bond motifs is 1. The number of aromatic nitrogens is 1. The number of carbonyl (C=O) groups excluding carboxylic acids is 1. The van der Waals surface area contributed by atoms with E-state index in [9.17, 15) is 13.2 Å². The Hall–Kier alpha value is -2.71. The smallest absolute Gasteiger partial charge is 0.277 e. The maximum atomic E-state index is 12.8. The topological polar surface area (TPSA) is 79.4 Å². The number of para-hydroxylation sites is 1. The second kappa shape index (κ2) is 6.79. The van der Waals surface area contributed by atoms with Crippen molar-refractivity contribution in [2.24, 2.45) is 0 Å². The number of nitrogens with zero attached hydrogens (tertiary/aromatic N) is 2. The normalized spacial score (nSPS) is 13.4. The van der Waals surface area contributed by atoms with Gasteiger partial charge in [-0.05, 0) is 42.3 Å². The van der Waals surface area contributed by atoms with Crippen molar-refractivity contribution < 1.29 is 13.2 Å². The standard InChI is InChI=1S/C19H17N3O3S2/c1-27(24,25)15-8-6-14(7-9-15)20-19-21-16(12-26-19)18(23)22-11-10-13-4-2-3-5-17(13)22/h2-9,12H,10-11H2,1H3,(H,20,21). The third-order valence-electron chi connectivity index (χ3n) is 4.39. The van der Waals surface area contributed by atoms with Gasteiger partial charge in [-0.15, -0.1) is 11.3 Å². The first-order chi connectivity index (χ1) is 12.9. The van der Waals surface area contributed by atoms with Crippen LogP contribution in [-0.4, -0.2) is 32.1 Å². The first-order valence-electron chi connectivity index (χ1n) is 8.34. The van der Waals surface area contributed by atoms with Gasteiger partial charge in [0.2, 0.25) is 0 Å². The third-order valence-corrected chi connectivity index (χ3v) is 6.28. The van der Waals surface area contributed by atoms with Crippen molar-refractivity contribution in [1.29, 1.82) is 0 Å². The molecule has 1 N–H and O–H groups in total. The maximum Gasteiger partial charge on any atom is 0.277 e. The first-order valence-corrected chi connectivity index (χ1v) is 11.1. The van der Waals surface area contributed by atoms with Gasteiger partial charge in [0.1, 0.15) is 5.69 Å². The van der Waals surface area contributed by atoms with Gasteiger partial charge in [-0.2, -0.15) is 0 Å². The number of sulfone groups is 1. The number of rotatable bonds is 4. The molecule has 0 saturated heterocycles. The quantitative estimate of drug-likeness (QED) is 0.726. The molecule has 3 aromatic rings. The lowest BCUT2D eigenvalue weighted by atomic mass is 10.2. The van der Waals surface area contributed by atoms with Crippen molar-refractivity contribution in [3.63, 3.8) is 0 Å². The van der Waals surface area contributed by atoms with Gasteiger partial charge in [0, 0.05) is 29.6 Å². The van der Waals surface area contributed by atoms with E-state index in [0.29, 0.717) is 23.1 Å². The molecule has 0 atom stereocenters. The molecule has 2 heterocycles. The van der Waals surface area contributed by atoms with Crippen LogP contribution in [0.4, 0.5) is 16.5 Å². The monoisotopic (exact) mass is 399 g/mol. The van der Waals surface area contributed by atoms with Gasteiger partial charge in [0.15, 0.2) is 15.0 Å². The van der Waals surface area contributed by atoms with Crippen LogP contribution in [0, 0.1) is 0 Å². The highest BCUT2D eigenvalue weighted by molar-refractivity contribution is 7.90. The van der Waals surface area contributed by atoms with Crippen LogP contribution in [0.2, 0.25) is 0 Å². The summed E-state index contributed by atoms with van der Waals surface area (Å²) in [5.41, 5.74) is 3.22. The summed E-state index contributed by atoms with van der Waals surface area (Å²) < 4.78 is 23.0. The first kappa shape index (κ1) is 17.7. The molecule has 0 aliphatic carbocycles. The van der Waals surface area contributed by atoms with Gasteiger partial charge in [-0.3, -0.25) is 4.79 Å². The minimum absolute atomic E-state index is 0.114. The van der Waals surface area contributed by atoms with Crippen LogP contribution in [0.25, 0.3) is 0 Å². The summed E-state index contributed by atoms with van der Waals surface area (Å²) in [6.07, 6.45) is 2.02. The summed E-state index contributed by atoms with van der Waals surface area (Å²) in [5, 5.41) is 5.42. The van der Waals surface area contributed by atoms with E-state index >= 15 is 0 Å². The van der Waals surface area contributed by atoms with Crippen LogP contribution in [0.15, 0.2) is 58.8 Å². The van der Waals surface area contributed by atoms with E-state index in [2.05, 4.69) is 10.3 Å². The molecule has 0 saturated carbocycles. The molecule has 6 nitrogen and oxygen atoms in total. The number of benzene rings is 2. The second-order valence-electron chi connectivity index (χ2n) is 6.29. The maximum absolute atomic E-state index is 12.8. The summed E-state index contributed by atoms with van der Waals surface area (Å²) in [5.74, 6) is -0.114. The Morgan fingerprint density at radius 1 is 1.15 bits per heavy atom. The predicted octanol–water partition coefficient (Wildman–Crippen LogP) is 3.49. The van der Waals surface area contributed by atoms with E-state index in [4.69, 9.17) is 0 Å². The zero-order chi connectivity index (χ0) is 19.0. The van der Waals surface area contributed by atoms with E-state index in [1.54, 1.807) is 34.5 Å². The fourth-order valence-electron chi connectivity index (χ4n) is 3.03. The van der Waals surface area contributed by atoms with Crippen molar-refractivity contribution in [3.8, 4) is 0 Å². The van der Waals surface area contributed by atoms with Gasteiger partial charge in [-0.25, -0.2) is 13.4 Å². The Bertz CT molecular complexity index is 1110. The number of nitrogens with one attached hydrogen (secondary N) is 1. The highest BCUT2D eigenvalue weighted by Crippen LogP contribution is 2.30. The van der Waals surface area contributed by atoms with E-state index in [1.807, 2.05) is 24.3 Å². The Morgan fingerprint density at radius 3 is 2.63 bits per heavy atom. The molecular formula is C19H17N3O3S2. The number of carbonyl (C=O) groups is 1. The Morgan fingerprint density at radius 2 is 1.89 bits per heavy atom.